The Morgan fingerprint density at radius 3 is 1.03 bits per heavy atom. The minimum atomic E-state index is 0.518. The van der Waals surface area contributed by atoms with Crippen molar-refractivity contribution in [2.45, 2.75) is 77.0 Å². The van der Waals surface area contributed by atoms with Gasteiger partial charge in [0, 0.05) is 65.2 Å². The maximum Gasteiger partial charge on any atom is 0.159 e. The average Bonchev–Trinajstić information content (AvgIpc) is 4.31. The summed E-state index contributed by atoms with van der Waals surface area (Å²) < 4.78 is 21.8. The van der Waals surface area contributed by atoms with Gasteiger partial charge in [0.25, 0.3) is 0 Å². The van der Waals surface area contributed by atoms with E-state index in [1.165, 1.54) is 84.4 Å². The molecular weight excluding hydrogens is 893 g/mol. The zero-order chi connectivity index (χ0) is 48.3. The molecule has 3 heterocycles. The zero-order valence-corrected chi connectivity index (χ0v) is 41.3. The number of hydrogen-bond acceptors (Lipinski definition) is 5. The van der Waals surface area contributed by atoms with Gasteiger partial charge in [-0.15, -0.1) is 0 Å². The number of aryl methyl sites for hydroxylation is 2. The van der Waals surface area contributed by atoms with Crippen LogP contribution < -0.4 is 9.80 Å². The molecule has 2 fully saturated rings. The van der Waals surface area contributed by atoms with E-state index in [4.69, 9.17) is 13.3 Å². The maximum atomic E-state index is 7.29. The van der Waals surface area contributed by atoms with Crippen molar-refractivity contribution < 1.29 is 13.3 Å². The third kappa shape index (κ3) is 6.47. The molecule has 2 saturated carbocycles. The van der Waals surface area contributed by atoms with Crippen molar-refractivity contribution in [3.63, 3.8) is 0 Å². The summed E-state index contributed by atoms with van der Waals surface area (Å²) >= 11 is 0. The standard InChI is InChI=1S/C68H54N2O3/c1-41-19-3-13-35-57(41)69(59-37-17-33-53-51-31-15-29-45(43-21-5-6-22-43)63(51)72-67(53)59)61-39-55-56-40-62(48-26-10-12-28-50(48)66(56)71-65(55)49-27-11-9-25-47(49)61)70(58-36-14-4-20-42(58)2)60-38-18-34-54-52-32-16-30-46(44-23-7-8-24-44)64(52)73-68(54)60/h3-4,9-20,25-40,43-44H,5-8,21-24H2,1-2H3. The van der Waals surface area contributed by atoms with Gasteiger partial charge in [-0.05, 0) is 110 Å². The molecule has 15 rings (SSSR count). The van der Waals surface area contributed by atoms with E-state index >= 15 is 0 Å². The predicted octanol–water partition coefficient (Wildman–Crippen LogP) is 20.6. The highest BCUT2D eigenvalue weighted by Crippen LogP contribution is 2.53. The van der Waals surface area contributed by atoms with E-state index in [-0.39, 0.29) is 0 Å². The largest absolute Gasteiger partial charge is 0.455 e. The van der Waals surface area contributed by atoms with Crippen molar-refractivity contribution in [3.05, 3.63) is 204 Å². The number of para-hydroxylation sites is 6. The highest BCUT2D eigenvalue weighted by atomic mass is 16.3. The van der Waals surface area contributed by atoms with Crippen molar-refractivity contribution in [1.29, 1.82) is 0 Å². The summed E-state index contributed by atoms with van der Waals surface area (Å²) in [4.78, 5) is 4.89. The quantitative estimate of drug-likeness (QED) is 0.152. The lowest BCUT2D eigenvalue weighted by atomic mass is 9.95. The van der Waals surface area contributed by atoms with Crippen molar-refractivity contribution in [1.82, 2.24) is 0 Å². The first-order valence-electron chi connectivity index (χ1n) is 26.5. The van der Waals surface area contributed by atoms with Crippen LogP contribution in [0.5, 0.6) is 0 Å². The van der Waals surface area contributed by atoms with Crippen LogP contribution in [0.2, 0.25) is 0 Å². The van der Waals surface area contributed by atoms with Crippen LogP contribution in [0.25, 0.3) is 87.4 Å². The van der Waals surface area contributed by atoms with E-state index in [0.717, 1.165) is 111 Å². The van der Waals surface area contributed by atoms with Crippen LogP contribution in [0.3, 0.4) is 0 Å². The third-order valence-corrected chi connectivity index (χ3v) is 16.8. The lowest BCUT2D eigenvalue weighted by Crippen LogP contribution is -2.12. The topological polar surface area (TPSA) is 45.9 Å². The van der Waals surface area contributed by atoms with Gasteiger partial charge in [0.2, 0.25) is 0 Å². The van der Waals surface area contributed by atoms with Gasteiger partial charge in [-0.3, -0.25) is 0 Å². The van der Waals surface area contributed by atoms with Gasteiger partial charge in [-0.25, -0.2) is 0 Å². The van der Waals surface area contributed by atoms with E-state index in [2.05, 4.69) is 206 Å². The molecule has 5 heteroatoms. The summed E-state index contributed by atoms with van der Waals surface area (Å²) in [7, 11) is 0. The predicted molar refractivity (Wildman–Crippen MR) is 305 cm³/mol. The van der Waals surface area contributed by atoms with Crippen LogP contribution in [0.15, 0.2) is 195 Å². The summed E-state index contributed by atoms with van der Waals surface area (Å²) in [5.74, 6) is 1.04. The zero-order valence-electron chi connectivity index (χ0n) is 41.3. The molecule has 0 aliphatic heterocycles. The molecule has 0 spiro atoms. The number of anilines is 6. The van der Waals surface area contributed by atoms with Crippen LogP contribution >= 0.6 is 0 Å². The molecule has 0 atom stereocenters. The van der Waals surface area contributed by atoms with Crippen molar-refractivity contribution >= 4 is 121 Å². The fraction of sp³-hybridized carbons (Fsp3) is 0.176. The second-order valence-electron chi connectivity index (χ2n) is 20.9. The highest BCUT2D eigenvalue weighted by Gasteiger charge is 2.30. The van der Waals surface area contributed by atoms with Gasteiger partial charge in [0.15, 0.2) is 11.2 Å². The Morgan fingerprint density at radius 1 is 0.288 bits per heavy atom. The Labute approximate surface area is 423 Å². The first-order valence-corrected chi connectivity index (χ1v) is 26.5. The molecule has 0 N–H and O–H groups in total. The number of nitrogens with zero attached hydrogens (tertiary/aromatic N) is 2. The number of fused-ring (bicyclic) bond motifs is 13. The Balaban J connectivity index is 1.01. The number of rotatable bonds is 8. The molecule has 73 heavy (non-hydrogen) atoms. The van der Waals surface area contributed by atoms with Crippen LogP contribution in [0.4, 0.5) is 34.1 Å². The number of benzene rings is 10. The molecule has 0 bridgehead atoms. The molecule has 5 nitrogen and oxygen atoms in total. The molecule has 13 aromatic rings. The van der Waals surface area contributed by atoms with Gasteiger partial charge in [-0.1, -0.05) is 171 Å². The van der Waals surface area contributed by atoms with Crippen LogP contribution in [0.1, 0.15) is 85.5 Å². The smallest absolute Gasteiger partial charge is 0.159 e. The van der Waals surface area contributed by atoms with Crippen LogP contribution in [0, 0.1) is 13.8 Å². The molecule has 0 radical (unpaired) electrons. The summed E-state index contributed by atoms with van der Waals surface area (Å²) in [5, 5.41) is 11.0. The second-order valence-corrected chi connectivity index (χ2v) is 20.9. The molecular formula is C68H54N2O3. The molecule has 3 aromatic heterocycles. The molecule has 2 aliphatic rings. The monoisotopic (exact) mass is 946 g/mol. The lowest BCUT2D eigenvalue weighted by Gasteiger charge is -2.29. The summed E-state index contributed by atoms with van der Waals surface area (Å²) in [6.07, 6.45) is 9.91. The van der Waals surface area contributed by atoms with Crippen LogP contribution in [-0.2, 0) is 0 Å². The Bertz CT molecular complexity index is 4070. The lowest BCUT2D eigenvalue weighted by molar-refractivity contribution is 0.643. The Hall–Kier alpha value is -8.28. The van der Waals surface area contributed by atoms with Gasteiger partial charge >= 0.3 is 0 Å². The fourth-order valence-corrected chi connectivity index (χ4v) is 13.3. The third-order valence-electron chi connectivity index (χ3n) is 16.8. The summed E-state index contributed by atoms with van der Waals surface area (Å²) in [5.41, 5.74) is 16.9. The van der Waals surface area contributed by atoms with E-state index in [1.807, 2.05) is 0 Å². The Kier molecular flexibility index (Phi) is 9.67. The maximum absolute atomic E-state index is 7.29. The summed E-state index contributed by atoms with van der Waals surface area (Å²) in [6.45, 7) is 4.42. The summed E-state index contributed by atoms with van der Waals surface area (Å²) in [6, 6.07) is 66.6. The van der Waals surface area contributed by atoms with E-state index in [1.54, 1.807) is 0 Å². The van der Waals surface area contributed by atoms with Crippen LogP contribution in [-0.4, -0.2) is 0 Å². The Morgan fingerprint density at radius 2 is 0.603 bits per heavy atom. The average molecular weight is 947 g/mol. The van der Waals surface area contributed by atoms with Gasteiger partial charge in [-0.2, -0.15) is 0 Å². The van der Waals surface area contributed by atoms with E-state index < -0.39 is 0 Å². The first-order chi connectivity index (χ1) is 36.1. The molecule has 0 saturated heterocycles. The molecule has 354 valence electrons. The highest BCUT2D eigenvalue weighted by molar-refractivity contribution is 6.26. The van der Waals surface area contributed by atoms with Gasteiger partial charge < -0.3 is 23.1 Å². The number of furan rings is 3. The van der Waals surface area contributed by atoms with Gasteiger partial charge in [0.1, 0.15) is 22.3 Å². The molecule has 0 amide bonds. The van der Waals surface area contributed by atoms with Crippen molar-refractivity contribution in [2.24, 2.45) is 0 Å². The molecule has 10 aromatic carbocycles. The second kappa shape index (κ2) is 16.6. The van der Waals surface area contributed by atoms with Gasteiger partial charge in [0.05, 0.1) is 22.7 Å². The van der Waals surface area contributed by atoms with E-state index in [0.29, 0.717) is 11.8 Å². The minimum Gasteiger partial charge on any atom is -0.455 e. The van der Waals surface area contributed by atoms with Crippen molar-refractivity contribution in [3.8, 4) is 0 Å². The molecule has 0 unspecified atom stereocenters. The minimum absolute atomic E-state index is 0.518. The normalized spacial score (nSPS) is 14.7. The fourth-order valence-electron chi connectivity index (χ4n) is 13.3. The SMILES string of the molecule is Cc1ccccc1N(c1cc2c3cc(N(c4ccccc4C)c4cccc5c4oc4c(C6CCCC6)cccc45)c4ccccc4c3oc2c2ccccc12)c1cccc2c1oc1c(C3CCCC3)cccc12. The molecule has 2 aliphatic carbocycles. The first kappa shape index (κ1) is 42.4. The van der Waals surface area contributed by atoms with Crippen molar-refractivity contribution in [2.75, 3.05) is 9.80 Å². The number of hydrogen-bond donors (Lipinski definition) is 0. The van der Waals surface area contributed by atoms with E-state index in [9.17, 15) is 0 Å².